The zero-order chi connectivity index (χ0) is 13.9. The molecule has 0 aliphatic rings. The maximum absolute atomic E-state index is 4.42. The first-order chi connectivity index (χ1) is 9.74. The molecule has 4 nitrogen and oxygen atoms in total. The maximum Gasteiger partial charge on any atom is 0.112 e. The van der Waals surface area contributed by atoms with Gasteiger partial charge in [-0.3, -0.25) is 15.0 Å². The van der Waals surface area contributed by atoms with Gasteiger partial charge in [0.1, 0.15) is 5.52 Å². The summed E-state index contributed by atoms with van der Waals surface area (Å²) in [5, 5.41) is 3.38. The van der Waals surface area contributed by atoms with Gasteiger partial charge >= 0.3 is 0 Å². The summed E-state index contributed by atoms with van der Waals surface area (Å²) in [6.45, 7) is 2.73. The van der Waals surface area contributed by atoms with Crippen LogP contribution in [0.5, 0.6) is 0 Å². The standard InChI is InChI=1S/C15H13BrN4/c1-10-3-2-5-17-14(10)9-19-12-4-6-18-13-7-11(16)8-20-15(12)13/h2-8H,9H2,1H3,(H,18,19). The van der Waals surface area contributed by atoms with E-state index in [4.69, 9.17) is 0 Å². The monoisotopic (exact) mass is 328 g/mol. The van der Waals surface area contributed by atoms with Crippen molar-refractivity contribution in [2.75, 3.05) is 5.32 Å². The third-order valence-electron chi connectivity index (χ3n) is 3.11. The molecule has 0 fully saturated rings. The van der Waals surface area contributed by atoms with E-state index in [1.165, 1.54) is 5.56 Å². The number of halogens is 1. The van der Waals surface area contributed by atoms with Crippen LogP contribution in [0.15, 0.2) is 47.3 Å². The van der Waals surface area contributed by atoms with Crippen LogP contribution >= 0.6 is 15.9 Å². The second kappa shape index (κ2) is 5.54. The van der Waals surface area contributed by atoms with Gasteiger partial charge in [-0.15, -0.1) is 0 Å². The number of fused-ring (bicyclic) bond motifs is 1. The van der Waals surface area contributed by atoms with Crippen LogP contribution in [0.25, 0.3) is 11.0 Å². The van der Waals surface area contributed by atoms with Gasteiger partial charge < -0.3 is 5.32 Å². The number of nitrogens with zero attached hydrogens (tertiary/aromatic N) is 3. The molecule has 0 spiro atoms. The van der Waals surface area contributed by atoms with Crippen molar-refractivity contribution >= 4 is 32.7 Å². The van der Waals surface area contributed by atoms with Crippen molar-refractivity contribution in [1.29, 1.82) is 0 Å². The summed E-state index contributed by atoms with van der Waals surface area (Å²) in [4.78, 5) is 13.1. The van der Waals surface area contributed by atoms with Gasteiger partial charge in [0.2, 0.25) is 0 Å². The minimum absolute atomic E-state index is 0.670. The highest BCUT2D eigenvalue weighted by molar-refractivity contribution is 9.10. The van der Waals surface area contributed by atoms with Crippen LogP contribution in [-0.4, -0.2) is 15.0 Å². The fourth-order valence-electron chi connectivity index (χ4n) is 2.03. The lowest BCUT2D eigenvalue weighted by Crippen LogP contribution is -2.04. The van der Waals surface area contributed by atoms with E-state index in [2.05, 4.69) is 49.2 Å². The van der Waals surface area contributed by atoms with E-state index in [0.29, 0.717) is 6.54 Å². The molecule has 0 saturated carbocycles. The molecular formula is C15H13BrN4. The van der Waals surface area contributed by atoms with Crippen LogP contribution in [0, 0.1) is 6.92 Å². The van der Waals surface area contributed by atoms with Crippen LogP contribution in [-0.2, 0) is 6.54 Å². The molecule has 0 bridgehead atoms. The first-order valence-electron chi connectivity index (χ1n) is 6.28. The largest absolute Gasteiger partial charge is 0.378 e. The Labute approximate surface area is 125 Å². The highest BCUT2D eigenvalue weighted by atomic mass is 79.9. The molecule has 3 rings (SSSR count). The van der Waals surface area contributed by atoms with Crippen molar-refractivity contribution in [2.45, 2.75) is 13.5 Å². The molecule has 0 aromatic carbocycles. The smallest absolute Gasteiger partial charge is 0.112 e. The van der Waals surface area contributed by atoms with Gasteiger partial charge in [-0.2, -0.15) is 0 Å². The van der Waals surface area contributed by atoms with Gasteiger partial charge in [0, 0.05) is 23.1 Å². The maximum atomic E-state index is 4.42. The number of aromatic nitrogens is 3. The summed E-state index contributed by atoms with van der Waals surface area (Å²) in [5.74, 6) is 0. The van der Waals surface area contributed by atoms with E-state index in [9.17, 15) is 0 Å². The molecule has 3 aromatic heterocycles. The lowest BCUT2D eigenvalue weighted by molar-refractivity contribution is 1.02. The molecule has 5 heteroatoms. The number of aryl methyl sites for hydroxylation is 1. The zero-order valence-corrected chi connectivity index (χ0v) is 12.6. The molecule has 0 unspecified atom stereocenters. The van der Waals surface area contributed by atoms with Crippen LogP contribution in [0.2, 0.25) is 0 Å². The summed E-state index contributed by atoms with van der Waals surface area (Å²) in [5.41, 5.74) is 4.91. The van der Waals surface area contributed by atoms with Crippen molar-refractivity contribution in [3.05, 3.63) is 58.6 Å². The second-order valence-corrected chi connectivity index (χ2v) is 5.42. The normalized spacial score (nSPS) is 10.7. The first kappa shape index (κ1) is 13.0. The van der Waals surface area contributed by atoms with Gasteiger partial charge in [-0.25, -0.2) is 0 Å². The summed E-state index contributed by atoms with van der Waals surface area (Å²) in [6, 6.07) is 7.89. The number of rotatable bonds is 3. The van der Waals surface area contributed by atoms with Gasteiger partial charge in [0.15, 0.2) is 0 Å². The van der Waals surface area contributed by atoms with Crippen molar-refractivity contribution < 1.29 is 0 Å². The Balaban J connectivity index is 1.90. The Morgan fingerprint density at radius 3 is 2.90 bits per heavy atom. The highest BCUT2D eigenvalue weighted by Gasteiger charge is 2.05. The summed E-state index contributed by atoms with van der Waals surface area (Å²) in [6.07, 6.45) is 5.37. The van der Waals surface area contributed by atoms with Gasteiger partial charge in [0.05, 0.1) is 23.4 Å². The van der Waals surface area contributed by atoms with Crippen LogP contribution < -0.4 is 5.32 Å². The SMILES string of the molecule is Cc1cccnc1CNc1ccnc2cc(Br)cnc12. The molecule has 0 amide bonds. The third kappa shape index (κ3) is 2.63. The fraction of sp³-hybridized carbons (Fsp3) is 0.133. The molecule has 0 saturated heterocycles. The van der Waals surface area contributed by atoms with Crippen LogP contribution in [0.4, 0.5) is 5.69 Å². The van der Waals surface area contributed by atoms with Crippen molar-refractivity contribution in [3.8, 4) is 0 Å². The zero-order valence-electron chi connectivity index (χ0n) is 11.0. The van der Waals surface area contributed by atoms with E-state index in [0.717, 1.165) is 26.9 Å². The summed E-state index contributed by atoms with van der Waals surface area (Å²) in [7, 11) is 0. The molecule has 0 atom stereocenters. The molecular weight excluding hydrogens is 316 g/mol. The van der Waals surface area contributed by atoms with E-state index < -0.39 is 0 Å². The number of anilines is 1. The van der Waals surface area contributed by atoms with E-state index >= 15 is 0 Å². The Morgan fingerprint density at radius 1 is 1.15 bits per heavy atom. The predicted molar refractivity (Wildman–Crippen MR) is 83.5 cm³/mol. The van der Waals surface area contributed by atoms with Gasteiger partial charge in [0.25, 0.3) is 0 Å². The molecule has 0 aliphatic carbocycles. The Hall–Kier alpha value is -2.01. The number of hydrogen-bond donors (Lipinski definition) is 1. The van der Waals surface area contributed by atoms with Crippen molar-refractivity contribution in [1.82, 2.24) is 15.0 Å². The quantitative estimate of drug-likeness (QED) is 0.796. The van der Waals surface area contributed by atoms with Gasteiger partial charge in [-0.1, -0.05) is 6.07 Å². The molecule has 3 aromatic rings. The average molecular weight is 329 g/mol. The topological polar surface area (TPSA) is 50.7 Å². The van der Waals surface area contributed by atoms with Gasteiger partial charge in [-0.05, 0) is 46.6 Å². The first-order valence-corrected chi connectivity index (χ1v) is 7.08. The minimum atomic E-state index is 0.670. The molecule has 0 aliphatic heterocycles. The molecule has 3 heterocycles. The van der Waals surface area contributed by atoms with Crippen LogP contribution in [0.1, 0.15) is 11.3 Å². The number of nitrogens with one attached hydrogen (secondary N) is 1. The van der Waals surface area contributed by atoms with Crippen molar-refractivity contribution in [3.63, 3.8) is 0 Å². The average Bonchev–Trinajstić information content (AvgIpc) is 2.46. The number of pyridine rings is 3. The third-order valence-corrected chi connectivity index (χ3v) is 3.54. The summed E-state index contributed by atoms with van der Waals surface area (Å²) < 4.78 is 0.926. The predicted octanol–water partition coefficient (Wildman–Crippen LogP) is 3.71. The lowest BCUT2D eigenvalue weighted by atomic mass is 10.2. The highest BCUT2D eigenvalue weighted by Crippen LogP contribution is 2.22. The lowest BCUT2D eigenvalue weighted by Gasteiger charge is -2.09. The fourth-order valence-corrected chi connectivity index (χ4v) is 2.35. The Bertz CT molecular complexity index is 758. The second-order valence-electron chi connectivity index (χ2n) is 4.50. The molecule has 0 radical (unpaired) electrons. The van der Waals surface area contributed by atoms with E-state index in [1.54, 1.807) is 12.4 Å². The Morgan fingerprint density at radius 2 is 2.05 bits per heavy atom. The molecule has 20 heavy (non-hydrogen) atoms. The summed E-state index contributed by atoms with van der Waals surface area (Å²) >= 11 is 3.41. The Kier molecular flexibility index (Phi) is 3.60. The number of hydrogen-bond acceptors (Lipinski definition) is 4. The van der Waals surface area contributed by atoms with E-state index in [-0.39, 0.29) is 0 Å². The molecule has 100 valence electrons. The minimum Gasteiger partial charge on any atom is -0.378 e. The molecule has 1 N–H and O–H groups in total. The van der Waals surface area contributed by atoms with Crippen LogP contribution in [0.3, 0.4) is 0 Å². The van der Waals surface area contributed by atoms with E-state index in [1.807, 2.05) is 24.4 Å². The van der Waals surface area contributed by atoms with Crippen molar-refractivity contribution in [2.24, 2.45) is 0 Å².